The molecule has 0 radical (unpaired) electrons. The summed E-state index contributed by atoms with van der Waals surface area (Å²) in [7, 11) is 4.67. The lowest BCUT2D eigenvalue weighted by atomic mass is 10.1. The summed E-state index contributed by atoms with van der Waals surface area (Å²) in [5.41, 5.74) is 2.80. The molecule has 0 aliphatic rings. The van der Waals surface area contributed by atoms with Crippen LogP contribution in [0.15, 0.2) is 42.6 Å². The predicted molar refractivity (Wildman–Crippen MR) is 111 cm³/mol. The van der Waals surface area contributed by atoms with E-state index in [1.807, 2.05) is 19.1 Å². The van der Waals surface area contributed by atoms with Gasteiger partial charge in [-0.3, -0.25) is 4.79 Å². The summed E-state index contributed by atoms with van der Waals surface area (Å²) in [6.45, 7) is 2.10. The average Bonchev–Trinajstić information content (AvgIpc) is 3.13. The van der Waals surface area contributed by atoms with Crippen LogP contribution >= 0.6 is 11.6 Å². The van der Waals surface area contributed by atoms with Crippen LogP contribution < -0.4 is 19.5 Å². The number of hydrogen-bond acceptors (Lipinski definition) is 5. The maximum Gasteiger partial charge on any atom is 0.255 e. The van der Waals surface area contributed by atoms with E-state index in [9.17, 15) is 4.79 Å². The fourth-order valence-electron chi connectivity index (χ4n) is 2.98. The van der Waals surface area contributed by atoms with Crippen LogP contribution in [0.5, 0.6) is 17.2 Å². The number of ether oxygens (including phenoxy) is 3. The van der Waals surface area contributed by atoms with Gasteiger partial charge in [0.2, 0.25) is 0 Å². The lowest BCUT2D eigenvalue weighted by Gasteiger charge is -2.14. The number of halogens is 1. The zero-order valence-electron chi connectivity index (χ0n) is 16.7. The highest BCUT2D eigenvalue weighted by molar-refractivity contribution is 6.30. The molecule has 1 aromatic heterocycles. The van der Waals surface area contributed by atoms with Gasteiger partial charge in [0.1, 0.15) is 5.75 Å². The van der Waals surface area contributed by atoms with Crippen molar-refractivity contribution in [3.8, 4) is 22.9 Å². The third kappa shape index (κ3) is 4.30. The van der Waals surface area contributed by atoms with Crippen molar-refractivity contribution in [1.29, 1.82) is 0 Å². The summed E-state index contributed by atoms with van der Waals surface area (Å²) in [6.07, 6.45) is 1.55. The Labute approximate surface area is 174 Å². The standard InChI is InChI=1S/C21H22ClN3O4/c1-13-17(12-24-25(13)16-7-5-15(22)6-8-16)21(26)23-11-14-9-19(28-3)20(29-4)10-18(14)27-2/h5-10,12H,11H2,1-4H3,(H,23,26). The van der Waals surface area contributed by atoms with E-state index in [0.29, 0.717) is 27.8 Å². The van der Waals surface area contributed by atoms with E-state index in [0.717, 1.165) is 16.9 Å². The number of carbonyl (C=O) groups is 1. The molecule has 0 saturated carbocycles. The molecule has 0 atom stereocenters. The Hall–Kier alpha value is -3.19. The lowest BCUT2D eigenvalue weighted by Crippen LogP contribution is -2.23. The maximum atomic E-state index is 12.7. The molecule has 0 unspecified atom stereocenters. The maximum absolute atomic E-state index is 12.7. The third-order valence-corrected chi connectivity index (χ3v) is 4.80. The van der Waals surface area contributed by atoms with Gasteiger partial charge in [0, 0.05) is 23.2 Å². The highest BCUT2D eigenvalue weighted by atomic mass is 35.5. The molecule has 0 spiro atoms. The van der Waals surface area contributed by atoms with Crippen LogP contribution in [-0.4, -0.2) is 37.0 Å². The van der Waals surface area contributed by atoms with Gasteiger partial charge in [-0.25, -0.2) is 4.68 Å². The fourth-order valence-corrected chi connectivity index (χ4v) is 3.10. The van der Waals surface area contributed by atoms with Gasteiger partial charge in [0.05, 0.1) is 44.5 Å². The van der Waals surface area contributed by atoms with Gasteiger partial charge in [-0.15, -0.1) is 0 Å². The molecule has 1 heterocycles. The lowest BCUT2D eigenvalue weighted by molar-refractivity contribution is 0.0950. The summed E-state index contributed by atoms with van der Waals surface area (Å²) in [4.78, 5) is 12.7. The number of rotatable bonds is 7. The second-order valence-electron chi connectivity index (χ2n) is 6.23. The number of carbonyl (C=O) groups excluding carboxylic acids is 1. The van der Waals surface area contributed by atoms with Gasteiger partial charge in [-0.1, -0.05) is 11.6 Å². The SMILES string of the molecule is COc1cc(OC)c(OC)cc1CNC(=O)c1cnn(-c2ccc(Cl)cc2)c1C. The van der Waals surface area contributed by atoms with Crippen molar-refractivity contribution < 1.29 is 19.0 Å². The number of hydrogen-bond donors (Lipinski definition) is 1. The van der Waals surface area contributed by atoms with E-state index in [1.54, 1.807) is 56.5 Å². The molecule has 0 saturated heterocycles. The predicted octanol–water partition coefficient (Wildman–Crippen LogP) is 3.79. The molecule has 0 aliphatic carbocycles. The number of aromatic nitrogens is 2. The van der Waals surface area contributed by atoms with Crippen LogP contribution in [0.25, 0.3) is 5.69 Å². The Bertz CT molecular complexity index is 1020. The summed E-state index contributed by atoms with van der Waals surface area (Å²) in [5, 5.41) is 7.87. The molecule has 8 heteroatoms. The van der Waals surface area contributed by atoms with E-state index < -0.39 is 0 Å². The third-order valence-electron chi connectivity index (χ3n) is 4.55. The van der Waals surface area contributed by atoms with E-state index in [2.05, 4.69) is 10.4 Å². The minimum Gasteiger partial charge on any atom is -0.496 e. The molecule has 2 aromatic carbocycles. The molecular formula is C21H22ClN3O4. The second-order valence-corrected chi connectivity index (χ2v) is 6.67. The molecule has 0 fully saturated rings. The Kier molecular flexibility index (Phi) is 6.29. The second kappa shape index (κ2) is 8.87. The van der Waals surface area contributed by atoms with Crippen molar-refractivity contribution in [2.24, 2.45) is 0 Å². The van der Waals surface area contributed by atoms with Crippen LogP contribution in [0, 0.1) is 6.92 Å². The number of nitrogens with zero attached hydrogens (tertiary/aromatic N) is 2. The van der Waals surface area contributed by atoms with Crippen molar-refractivity contribution in [2.75, 3.05) is 21.3 Å². The van der Waals surface area contributed by atoms with Crippen LogP contribution in [0.2, 0.25) is 5.02 Å². The molecule has 29 heavy (non-hydrogen) atoms. The van der Waals surface area contributed by atoms with E-state index >= 15 is 0 Å². The van der Waals surface area contributed by atoms with Crippen molar-refractivity contribution in [3.05, 3.63) is 64.4 Å². The van der Waals surface area contributed by atoms with Gasteiger partial charge in [0.15, 0.2) is 11.5 Å². The summed E-state index contributed by atoms with van der Waals surface area (Å²) in [5.74, 6) is 1.47. The Balaban J connectivity index is 1.79. The van der Waals surface area contributed by atoms with Crippen LogP contribution in [0.4, 0.5) is 0 Å². The van der Waals surface area contributed by atoms with Gasteiger partial charge in [-0.05, 0) is 37.3 Å². The topological polar surface area (TPSA) is 74.6 Å². The van der Waals surface area contributed by atoms with Gasteiger partial charge < -0.3 is 19.5 Å². The Morgan fingerprint density at radius 2 is 1.66 bits per heavy atom. The number of nitrogens with one attached hydrogen (secondary N) is 1. The molecule has 0 bridgehead atoms. The Morgan fingerprint density at radius 1 is 1.03 bits per heavy atom. The van der Waals surface area contributed by atoms with Gasteiger partial charge >= 0.3 is 0 Å². The monoisotopic (exact) mass is 415 g/mol. The van der Waals surface area contributed by atoms with E-state index in [4.69, 9.17) is 25.8 Å². The van der Waals surface area contributed by atoms with Crippen molar-refractivity contribution >= 4 is 17.5 Å². The number of methoxy groups -OCH3 is 3. The van der Waals surface area contributed by atoms with E-state index in [1.165, 1.54) is 0 Å². The first-order valence-electron chi connectivity index (χ1n) is 8.86. The molecule has 3 aromatic rings. The normalized spacial score (nSPS) is 10.5. The quantitative estimate of drug-likeness (QED) is 0.635. The molecule has 1 amide bonds. The average molecular weight is 416 g/mol. The van der Waals surface area contributed by atoms with E-state index in [-0.39, 0.29) is 12.5 Å². The molecule has 7 nitrogen and oxygen atoms in total. The van der Waals surface area contributed by atoms with Crippen LogP contribution in [0.3, 0.4) is 0 Å². The highest BCUT2D eigenvalue weighted by Gasteiger charge is 2.17. The fraction of sp³-hybridized carbons (Fsp3) is 0.238. The number of amides is 1. The summed E-state index contributed by atoms with van der Waals surface area (Å²) in [6, 6.07) is 10.8. The summed E-state index contributed by atoms with van der Waals surface area (Å²) >= 11 is 5.94. The molecule has 1 N–H and O–H groups in total. The highest BCUT2D eigenvalue weighted by Crippen LogP contribution is 2.34. The molecule has 152 valence electrons. The molecule has 0 aliphatic heterocycles. The minimum absolute atomic E-state index is 0.237. The smallest absolute Gasteiger partial charge is 0.255 e. The van der Waals surface area contributed by atoms with Crippen molar-refractivity contribution in [3.63, 3.8) is 0 Å². The van der Waals surface area contributed by atoms with Gasteiger partial charge in [-0.2, -0.15) is 5.10 Å². The first-order valence-corrected chi connectivity index (χ1v) is 9.24. The van der Waals surface area contributed by atoms with Crippen molar-refractivity contribution in [1.82, 2.24) is 15.1 Å². The zero-order valence-corrected chi connectivity index (χ0v) is 17.4. The first-order chi connectivity index (χ1) is 14.0. The first kappa shape index (κ1) is 20.5. The largest absolute Gasteiger partial charge is 0.496 e. The van der Waals surface area contributed by atoms with Crippen molar-refractivity contribution in [2.45, 2.75) is 13.5 Å². The molecule has 3 rings (SSSR count). The number of benzene rings is 2. The Morgan fingerprint density at radius 3 is 2.28 bits per heavy atom. The van der Waals surface area contributed by atoms with Crippen LogP contribution in [-0.2, 0) is 6.54 Å². The van der Waals surface area contributed by atoms with Gasteiger partial charge in [0.25, 0.3) is 5.91 Å². The summed E-state index contributed by atoms with van der Waals surface area (Å²) < 4.78 is 17.7. The van der Waals surface area contributed by atoms with Crippen LogP contribution in [0.1, 0.15) is 21.6 Å². The molecular weight excluding hydrogens is 394 g/mol. The minimum atomic E-state index is -0.237. The zero-order chi connectivity index (χ0) is 21.0.